The van der Waals surface area contributed by atoms with Crippen molar-refractivity contribution in [1.82, 2.24) is 10.6 Å². The smallest absolute Gasteiger partial charge is 0.416 e. The summed E-state index contributed by atoms with van der Waals surface area (Å²) < 4.78 is 43.0. The lowest BCUT2D eigenvalue weighted by molar-refractivity contribution is -0.137. The number of amides is 2. The van der Waals surface area contributed by atoms with Gasteiger partial charge in [-0.05, 0) is 35.4 Å². The Labute approximate surface area is 137 Å². The van der Waals surface area contributed by atoms with Crippen LogP contribution < -0.4 is 15.4 Å². The number of alkyl halides is 3. The zero-order chi connectivity index (χ0) is 17.6. The Kier molecular flexibility index (Phi) is 5.68. The quantitative estimate of drug-likeness (QED) is 0.873. The van der Waals surface area contributed by atoms with Gasteiger partial charge in [-0.1, -0.05) is 24.3 Å². The molecule has 0 fully saturated rings. The van der Waals surface area contributed by atoms with Gasteiger partial charge in [0.25, 0.3) is 0 Å². The van der Waals surface area contributed by atoms with E-state index in [0.717, 1.165) is 17.7 Å². The van der Waals surface area contributed by atoms with Crippen molar-refractivity contribution >= 4 is 6.03 Å². The molecule has 0 unspecified atom stereocenters. The van der Waals surface area contributed by atoms with E-state index in [0.29, 0.717) is 11.3 Å². The number of urea groups is 1. The number of carbonyl (C=O) groups excluding carboxylic acids is 1. The molecule has 4 nitrogen and oxygen atoms in total. The summed E-state index contributed by atoms with van der Waals surface area (Å²) in [7, 11) is 1.55. The topological polar surface area (TPSA) is 50.4 Å². The van der Waals surface area contributed by atoms with Crippen LogP contribution in [-0.2, 0) is 19.3 Å². The van der Waals surface area contributed by atoms with Crippen molar-refractivity contribution in [3.8, 4) is 5.75 Å². The summed E-state index contributed by atoms with van der Waals surface area (Å²) in [6.07, 6.45) is -4.40. The summed E-state index contributed by atoms with van der Waals surface area (Å²) in [6, 6.07) is 11.6. The largest absolute Gasteiger partial charge is 0.497 e. The molecule has 0 heterocycles. The first kappa shape index (κ1) is 17.7. The highest BCUT2D eigenvalue weighted by molar-refractivity contribution is 5.73. The van der Waals surface area contributed by atoms with Crippen molar-refractivity contribution in [1.29, 1.82) is 0 Å². The number of rotatable bonds is 5. The van der Waals surface area contributed by atoms with Crippen LogP contribution in [-0.4, -0.2) is 13.1 Å². The maximum atomic E-state index is 12.6. The molecule has 0 aliphatic carbocycles. The van der Waals surface area contributed by atoms with Crippen LogP contribution in [0.4, 0.5) is 18.0 Å². The van der Waals surface area contributed by atoms with Gasteiger partial charge in [0.15, 0.2) is 0 Å². The van der Waals surface area contributed by atoms with Gasteiger partial charge in [0.2, 0.25) is 0 Å². The molecule has 128 valence electrons. The molecule has 0 aromatic heterocycles. The Balaban J connectivity index is 1.85. The summed E-state index contributed by atoms with van der Waals surface area (Å²) in [5.41, 5.74) is 0.489. The van der Waals surface area contributed by atoms with Crippen LogP contribution in [0.3, 0.4) is 0 Å². The number of methoxy groups -OCH3 is 1. The van der Waals surface area contributed by atoms with Crippen molar-refractivity contribution in [2.45, 2.75) is 19.3 Å². The van der Waals surface area contributed by atoms with Crippen molar-refractivity contribution in [3.63, 3.8) is 0 Å². The molecule has 0 saturated carbocycles. The van der Waals surface area contributed by atoms with Gasteiger partial charge in [-0.3, -0.25) is 0 Å². The van der Waals surface area contributed by atoms with Crippen molar-refractivity contribution in [3.05, 3.63) is 65.2 Å². The highest BCUT2D eigenvalue weighted by atomic mass is 19.4. The van der Waals surface area contributed by atoms with Crippen LogP contribution in [0.2, 0.25) is 0 Å². The maximum Gasteiger partial charge on any atom is 0.416 e. The average molecular weight is 338 g/mol. The van der Waals surface area contributed by atoms with E-state index in [1.54, 1.807) is 25.3 Å². The third-order valence-corrected chi connectivity index (χ3v) is 3.29. The molecule has 0 saturated heterocycles. The van der Waals surface area contributed by atoms with E-state index < -0.39 is 17.8 Å². The number of hydrogen-bond acceptors (Lipinski definition) is 2. The lowest BCUT2D eigenvalue weighted by Crippen LogP contribution is -2.34. The van der Waals surface area contributed by atoms with Crippen LogP contribution in [0, 0.1) is 0 Å². The standard InChI is InChI=1S/C17H17F3N2O2/c1-24-15-7-3-5-13(9-15)11-22-16(23)21-10-12-4-2-6-14(8-12)17(18,19)20/h2-9H,10-11H2,1H3,(H2,21,22,23). The molecule has 2 amide bonds. The third kappa shape index (κ3) is 5.19. The predicted molar refractivity (Wildman–Crippen MR) is 83.5 cm³/mol. The van der Waals surface area contributed by atoms with Crippen LogP contribution in [0.25, 0.3) is 0 Å². The van der Waals surface area contributed by atoms with Crippen LogP contribution in [0.1, 0.15) is 16.7 Å². The van der Waals surface area contributed by atoms with Gasteiger partial charge in [-0.2, -0.15) is 13.2 Å². The van der Waals surface area contributed by atoms with Gasteiger partial charge in [0.05, 0.1) is 12.7 Å². The fourth-order valence-electron chi connectivity index (χ4n) is 2.07. The lowest BCUT2D eigenvalue weighted by atomic mass is 10.1. The number of ether oxygens (including phenoxy) is 1. The highest BCUT2D eigenvalue weighted by Crippen LogP contribution is 2.29. The third-order valence-electron chi connectivity index (χ3n) is 3.29. The number of halogens is 3. The van der Waals surface area contributed by atoms with E-state index in [1.807, 2.05) is 6.07 Å². The Morgan fingerprint density at radius 3 is 2.17 bits per heavy atom. The van der Waals surface area contributed by atoms with E-state index in [4.69, 9.17) is 4.74 Å². The van der Waals surface area contributed by atoms with E-state index in [-0.39, 0.29) is 13.1 Å². The number of hydrogen-bond donors (Lipinski definition) is 2. The molecular formula is C17H17F3N2O2. The fraction of sp³-hybridized carbons (Fsp3) is 0.235. The van der Waals surface area contributed by atoms with Gasteiger partial charge < -0.3 is 15.4 Å². The van der Waals surface area contributed by atoms with Gasteiger partial charge >= 0.3 is 12.2 Å². The number of carbonyl (C=O) groups is 1. The SMILES string of the molecule is COc1cccc(CNC(=O)NCc2cccc(C(F)(F)F)c2)c1. The van der Waals surface area contributed by atoms with Crippen LogP contribution in [0.5, 0.6) is 5.75 Å². The summed E-state index contributed by atoms with van der Waals surface area (Å²) in [5.74, 6) is 0.679. The van der Waals surface area contributed by atoms with Crippen molar-refractivity contribution in [2.75, 3.05) is 7.11 Å². The van der Waals surface area contributed by atoms with E-state index in [1.165, 1.54) is 12.1 Å². The van der Waals surface area contributed by atoms with Gasteiger partial charge in [-0.25, -0.2) is 4.79 Å². The van der Waals surface area contributed by atoms with Gasteiger partial charge in [0.1, 0.15) is 5.75 Å². The Morgan fingerprint density at radius 2 is 1.58 bits per heavy atom. The summed E-state index contributed by atoms with van der Waals surface area (Å²) in [5, 5.41) is 5.17. The zero-order valence-electron chi connectivity index (χ0n) is 13.0. The second kappa shape index (κ2) is 7.72. The zero-order valence-corrected chi connectivity index (χ0v) is 13.0. The number of nitrogens with one attached hydrogen (secondary N) is 2. The Morgan fingerprint density at radius 1 is 1.00 bits per heavy atom. The normalized spacial score (nSPS) is 11.0. The van der Waals surface area contributed by atoms with E-state index in [2.05, 4.69) is 10.6 Å². The average Bonchev–Trinajstić information content (AvgIpc) is 2.58. The van der Waals surface area contributed by atoms with Gasteiger partial charge in [0, 0.05) is 13.1 Å². The Bertz CT molecular complexity index is 702. The Hall–Kier alpha value is -2.70. The van der Waals surface area contributed by atoms with Crippen LogP contribution >= 0.6 is 0 Å². The molecular weight excluding hydrogens is 321 g/mol. The molecule has 2 aromatic rings. The van der Waals surface area contributed by atoms with Crippen molar-refractivity contribution < 1.29 is 22.7 Å². The molecule has 0 aliphatic heterocycles. The van der Waals surface area contributed by atoms with Crippen molar-refractivity contribution in [2.24, 2.45) is 0 Å². The molecule has 0 radical (unpaired) electrons. The fourth-order valence-corrected chi connectivity index (χ4v) is 2.07. The first-order valence-electron chi connectivity index (χ1n) is 7.19. The molecule has 0 aliphatic rings. The molecule has 0 spiro atoms. The first-order valence-corrected chi connectivity index (χ1v) is 7.19. The highest BCUT2D eigenvalue weighted by Gasteiger charge is 2.30. The summed E-state index contributed by atoms with van der Waals surface area (Å²) in [4.78, 5) is 11.8. The van der Waals surface area contributed by atoms with Crippen LogP contribution in [0.15, 0.2) is 48.5 Å². The monoisotopic (exact) mass is 338 g/mol. The minimum Gasteiger partial charge on any atom is -0.497 e. The van der Waals surface area contributed by atoms with E-state index >= 15 is 0 Å². The minimum absolute atomic E-state index is 0.00780. The second-order valence-electron chi connectivity index (χ2n) is 5.09. The van der Waals surface area contributed by atoms with Gasteiger partial charge in [-0.15, -0.1) is 0 Å². The molecule has 2 rings (SSSR count). The molecule has 7 heteroatoms. The number of benzene rings is 2. The molecule has 0 atom stereocenters. The second-order valence-corrected chi connectivity index (χ2v) is 5.09. The van der Waals surface area contributed by atoms with E-state index in [9.17, 15) is 18.0 Å². The molecule has 2 N–H and O–H groups in total. The molecule has 2 aromatic carbocycles. The summed E-state index contributed by atoms with van der Waals surface area (Å²) >= 11 is 0. The molecule has 0 bridgehead atoms. The maximum absolute atomic E-state index is 12.6. The minimum atomic E-state index is -4.40. The first-order chi connectivity index (χ1) is 11.4. The lowest BCUT2D eigenvalue weighted by Gasteiger charge is -2.11. The molecule has 24 heavy (non-hydrogen) atoms. The summed E-state index contributed by atoms with van der Waals surface area (Å²) in [6.45, 7) is 0.291. The predicted octanol–water partition coefficient (Wildman–Crippen LogP) is 3.71.